The van der Waals surface area contributed by atoms with Crippen LogP contribution in [-0.4, -0.2) is 24.4 Å². The second kappa shape index (κ2) is 6.68. The third-order valence-electron chi connectivity index (χ3n) is 4.86. The number of allylic oxidation sites excluding steroid dienone is 4. The van der Waals surface area contributed by atoms with Crippen molar-refractivity contribution in [2.24, 2.45) is 0 Å². The van der Waals surface area contributed by atoms with Gasteiger partial charge in [-0.25, -0.2) is 0 Å². The Hall–Kier alpha value is -1.58. The fourth-order valence-corrected chi connectivity index (χ4v) is 3.92. The van der Waals surface area contributed by atoms with Gasteiger partial charge in [0.05, 0.1) is 5.60 Å². The number of rotatable bonds is 5. The molecule has 2 heterocycles. The molecule has 2 aliphatic rings. The van der Waals surface area contributed by atoms with Gasteiger partial charge < -0.3 is 9.47 Å². The molecule has 1 aromatic rings. The highest BCUT2D eigenvalue weighted by Crippen LogP contribution is 2.46. The van der Waals surface area contributed by atoms with Crippen LogP contribution in [0.25, 0.3) is 0 Å². The van der Waals surface area contributed by atoms with E-state index in [0.29, 0.717) is 6.04 Å². The standard InChI is InChI=1S/C19H24BNO/c1-3-4-5-6-10-15-19(17-12-8-7-9-13-17)18-14-11-16-21(18)20(2)22-19/h3-10,12-13,18H,1,11,14-16H2,2H3/b5-4-,10-6-. The molecular weight excluding hydrogens is 269 g/mol. The lowest BCUT2D eigenvalue weighted by Crippen LogP contribution is -2.40. The van der Waals surface area contributed by atoms with Crippen molar-refractivity contribution in [2.75, 3.05) is 6.54 Å². The van der Waals surface area contributed by atoms with Gasteiger partial charge in [0.2, 0.25) is 0 Å². The Morgan fingerprint density at radius 3 is 2.91 bits per heavy atom. The SMILES string of the molecule is C=C/C=C\C=C/CC1(c2ccccc2)OB(C)N2CCCC21. The van der Waals surface area contributed by atoms with E-state index < -0.39 is 0 Å². The smallest absolute Gasteiger partial charge is 0.380 e. The first kappa shape index (κ1) is 15.3. The molecule has 0 aromatic heterocycles. The molecule has 2 unspecified atom stereocenters. The van der Waals surface area contributed by atoms with Crippen LogP contribution < -0.4 is 0 Å². The molecule has 2 saturated heterocycles. The third-order valence-corrected chi connectivity index (χ3v) is 4.86. The lowest BCUT2D eigenvalue weighted by molar-refractivity contribution is 0.0628. The molecule has 0 bridgehead atoms. The maximum absolute atomic E-state index is 6.54. The average Bonchev–Trinajstić information content (AvgIpc) is 3.13. The van der Waals surface area contributed by atoms with E-state index in [9.17, 15) is 0 Å². The molecule has 2 aliphatic heterocycles. The Balaban J connectivity index is 1.91. The van der Waals surface area contributed by atoms with Crippen molar-refractivity contribution in [3.8, 4) is 0 Å². The van der Waals surface area contributed by atoms with E-state index in [1.54, 1.807) is 6.08 Å². The topological polar surface area (TPSA) is 12.5 Å². The van der Waals surface area contributed by atoms with Crippen LogP contribution in [0.5, 0.6) is 0 Å². The van der Waals surface area contributed by atoms with Crippen LogP contribution in [-0.2, 0) is 10.3 Å². The van der Waals surface area contributed by atoms with Crippen LogP contribution in [0.2, 0.25) is 6.82 Å². The summed E-state index contributed by atoms with van der Waals surface area (Å²) in [5.41, 5.74) is 1.09. The molecule has 2 atom stereocenters. The van der Waals surface area contributed by atoms with E-state index in [4.69, 9.17) is 4.65 Å². The Kier molecular flexibility index (Phi) is 4.65. The molecule has 0 N–H and O–H groups in total. The van der Waals surface area contributed by atoms with Crippen molar-refractivity contribution in [3.05, 3.63) is 72.9 Å². The molecular formula is C19H24BNO. The molecule has 114 valence electrons. The number of nitrogens with zero attached hydrogens (tertiary/aromatic N) is 1. The van der Waals surface area contributed by atoms with Gasteiger partial charge in [0.1, 0.15) is 0 Å². The number of hydrogen-bond acceptors (Lipinski definition) is 2. The van der Waals surface area contributed by atoms with Crippen molar-refractivity contribution in [2.45, 2.75) is 37.7 Å². The lowest BCUT2D eigenvalue weighted by Gasteiger charge is -2.35. The highest BCUT2D eigenvalue weighted by molar-refractivity contribution is 6.48. The molecule has 2 fully saturated rings. The number of fused-ring (bicyclic) bond motifs is 1. The predicted octanol–water partition coefficient (Wildman–Crippen LogP) is 4.18. The molecule has 0 aliphatic carbocycles. The summed E-state index contributed by atoms with van der Waals surface area (Å²) in [6, 6.07) is 11.2. The van der Waals surface area contributed by atoms with Crippen LogP contribution in [0.15, 0.2) is 67.3 Å². The first-order valence-corrected chi connectivity index (χ1v) is 8.21. The summed E-state index contributed by atoms with van der Waals surface area (Å²) in [6.07, 6.45) is 13.5. The van der Waals surface area contributed by atoms with E-state index >= 15 is 0 Å². The molecule has 3 rings (SSSR count). The van der Waals surface area contributed by atoms with Gasteiger partial charge in [0.15, 0.2) is 0 Å². The summed E-state index contributed by atoms with van der Waals surface area (Å²) in [4.78, 5) is 2.53. The molecule has 2 nitrogen and oxygen atoms in total. The normalized spacial score (nSPS) is 28.8. The summed E-state index contributed by atoms with van der Waals surface area (Å²) in [5.74, 6) is 0. The molecule has 1 aromatic carbocycles. The van der Waals surface area contributed by atoms with E-state index in [-0.39, 0.29) is 12.7 Å². The van der Waals surface area contributed by atoms with Crippen LogP contribution in [0.1, 0.15) is 24.8 Å². The molecule has 0 radical (unpaired) electrons. The van der Waals surface area contributed by atoms with Gasteiger partial charge in [-0.1, -0.05) is 67.3 Å². The second-order valence-corrected chi connectivity index (χ2v) is 6.12. The van der Waals surface area contributed by atoms with Gasteiger partial charge >= 0.3 is 7.05 Å². The van der Waals surface area contributed by atoms with E-state index in [1.807, 2.05) is 12.2 Å². The molecule has 3 heteroatoms. The summed E-state index contributed by atoms with van der Waals surface area (Å²) >= 11 is 0. The Morgan fingerprint density at radius 2 is 2.14 bits per heavy atom. The van der Waals surface area contributed by atoms with Crippen molar-refractivity contribution in [3.63, 3.8) is 0 Å². The van der Waals surface area contributed by atoms with Crippen molar-refractivity contribution in [1.82, 2.24) is 4.81 Å². The van der Waals surface area contributed by atoms with Crippen LogP contribution in [0, 0.1) is 0 Å². The first-order chi connectivity index (χ1) is 10.8. The van der Waals surface area contributed by atoms with Gasteiger partial charge in [0, 0.05) is 6.04 Å². The summed E-state index contributed by atoms with van der Waals surface area (Å²) in [7, 11) is 0.199. The third kappa shape index (κ3) is 2.71. The lowest BCUT2D eigenvalue weighted by atomic mass is 9.82. The van der Waals surface area contributed by atoms with Crippen LogP contribution in [0.4, 0.5) is 0 Å². The summed E-state index contributed by atoms with van der Waals surface area (Å²) < 4.78 is 6.54. The van der Waals surface area contributed by atoms with Gasteiger partial charge in [-0.15, -0.1) is 0 Å². The zero-order valence-corrected chi connectivity index (χ0v) is 13.3. The Morgan fingerprint density at radius 1 is 1.32 bits per heavy atom. The van der Waals surface area contributed by atoms with Crippen molar-refractivity contribution < 1.29 is 4.65 Å². The maximum Gasteiger partial charge on any atom is 0.380 e. The minimum atomic E-state index is -0.213. The maximum atomic E-state index is 6.54. The molecule has 0 amide bonds. The van der Waals surface area contributed by atoms with E-state index in [2.05, 4.69) is 60.7 Å². The van der Waals surface area contributed by atoms with Crippen LogP contribution in [0.3, 0.4) is 0 Å². The summed E-state index contributed by atoms with van der Waals surface area (Å²) in [5, 5.41) is 0. The highest BCUT2D eigenvalue weighted by Gasteiger charge is 2.55. The predicted molar refractivity (Wildman–Crippen MR) is 93.6 cm³/mol. The van der Waals surface area contributed by atoms with Gasteiger partial charge in [-0.2, -0.15) is 0 Å². The fraction of sp³-hybridized carbons (Fsp3) is 0.368. The fourth-order valence-electron chi connectivity index (χ4n) is 3.92. The minimum absolute atomic E-state index is 0.199. The molecule has 0 spiro atoms. The number of benzene rings is 1. The zero-order chi connectivity index (χ0) is 15.4. The second-order valence-electron chi connectivity index (χ2n) is 6.12. The van der Waals surface area contributed by atoms with Crippen LogP contribution >= 0.6 is 0 Å². The Bertz CT molecular complexity index is 568. The Labute approximate surface area is 134 Å². The highest BCUT2D eigenvalue weighted by atomic mass is 16.5. The molecule has 0 saturated carbocycles. The first-order valence-electron chi connectivity index (χ1n) is 8.21. The quantitative estimate of drug-likeness (QED) is 0.596. The number of hydrogen-bond donors (Lipinski definition) is 0. The minimum Gasteiger partial charge on any atom is -0.410 e. The summed E-state index contributed by atoms with van der Waals surface area (Å²) in [6.45, 7) is 7.04. The van der Waals surface area contributed by atoms with Crippen molar-refractivity contribution >= 4 is 7.05 Å². The largest absolute Gasteiger partial charge is 0.410 e. The van der Waals surface area contributed by atoms with Gasteiger partial charge in [-0.3, -0.25) is 0 Å². The van der Waals surface area contributed by atoms with Crippen molar-refractivity contribution in [1.29, 1.82) is 0 Å². The van der Waals surface area contributed by atoms with Gasteiger partial charge in [0.25, 0.3) is 0 Å². The van der Waals surface area contributed by atoms with E-state index in [0.717, 1.165) is 13.0 Å². The van der Waals surface area contributed by atoms with Gasteiger partial charge in [-0.05, 0) is 38.2 Å². The molecule has 22 heavy (non-hydrogen) atoms. The zero-order valence-electron chi connectivity index (χ0n) is 13.3. The monoisotopic (exact) mass is 293 g/mol. The average molecular weight is 293 g/mol. The van der Waals surface area contributed by atoms with E-state index in [1.165, 1.54) is 18.4 Å².